The quantitative estimate of drug-likeness (QED) is 0.568. The number of aryl methyl sites for hydroxylation is 3. The number of anilines is 1. The first-order valence-corrected chi connectivity index (χ1v) is 10.9. The van der Waals surface area contributed by atoms with E-state index in [0.29, 0.717) is 12.2 Å². The van der Waals surface area contributed by atoms with Crippen molar-refractivity contribution in [2.24, 2.45) is 0 Å². The van der Waals surface area contributed by atoms with Crippen LogP contribution in [0, 0.1) is 20.8 Å². The molecule has 0 N–H and O–H groups in total. The lowest BCUT2D eigenvalue weighted by Gasteiger charge is -2.20. The maximum Gasteiger partial charge on any atom is 0.280 e. The van der Waals surface area contributed by atoms with Crippen molar-refractivity contribution in [1.82, 2.24) is 19.7 Å². The van der Waals surface area contributed by atoms with Crippen LogP contribution < -0.4 is 4.90 Å². The summed E-state index contributed by atoms with van der Waals surface area (Å²) in [6.07, 6.45) is 0.872. The van der Waals surface area contributed by atoms with Crippen LogP contribution in [0.15, 0.2) is 18.2 Å². The number of benzene rings is 1. The van der Waals surface area contributed by atoms with E-state index in [1.165, 1.54) is 5.56 Å². The van der Waals surface area contributed by atoms with Crippen LogP contribution in [0.25, 0.3) is 10.2 Å². The molecule has 0 saturated heterocycles. The van der Waals surface area contributed by atoms with Crippen molar-refractivity contribution in [2.75, 3.05) is 32.1 Å². The molecule has 0 unspecified atom stereocenters. The highest BCUT2D eigenvalue weighted by Crippen LogP contribution is 2.33. The summed E-state index contributed by atoms with van der Waals surface area (Å²) in [5.74, 6) is -0.0828. The lowest BCUT2D eigenvalue weighted by Crippen LogP contribution is -2.33. The van der Waals surface area contributed by atoms with Gasteiger partial charge in [-0.05, 0) is 78.9 Å². The average molecular weight is 414 g/mol. The van der Waals surface area contributed by atoms with E-state index in [4.69, 9.17) is 4.98 Å². The van der Waals surface area contributed by atoms with Crippen molar-refractivity contribution in [3.8, 4) is 0 Å². The molecule has 7 heteroatoms. The van der Waals surface area contributed by atoms with E-state index in [0.717, 1.165) is 39.6 Å². The van der Waals surface area contributed by atoms with Crippen molar-refractivity contribution < 1.29 is 4.79 Å². The molecule has 0 aliphatic carbocycles. The van der Waals surface area contributed by atoms with E-state index in [2.05, 4.69) is 49.8 Å². The summed E-state index contributed by atoms with van der Waals surface area (Å²) in [6, 6.07) is 6.30. The van der Waals surface area contributed by atoms with Crippen LogP contribution in [-0.4, -0.2) is 52.8 Å². The van der Waals surface area contributed by atoms with E-state index >= 15 is 0 Å². The number of amides is 1. The van der Waals surface area contributed by atoms with Crippen LogP contribution in [0.3, 0.4) is 0 Å². The fourth-order valence-corrected chi connectivity index (χ4v) is 4.58. The normalized spacial score (nSPS) is 11.8. The Labute approximate surface area is 177 Å². The summed E-state index contributed by atoms with van der Waals surface area (Å²) in [7, 11) is 4.09. The minimum Gasteiger partial charge on any atom is -0.309 e. The molecular formula is C22H31N5OS. The first kappa shape index (κ1) is 21.5. The molecule has 0 spiro atoms. The Bertz CT molecular complexity index is 979. The highest BCUT2D eigenvalue weighted by atomic mass is 32.1. The van der Waals surface area contributed by atoms with E-state index in [1.54, 1.807) is 16.2 Å². The third kappa shape index (κ3) is 4.51. The van der Waals surface area contributed by atoms with Gasteiger partial charge < -0.3 is 4.90 Å². The number of carbonyl (C=O) groups is 1. The average Bonchev–Trinajstić information content (AvgIpc) is 3.26. The van der Waals surface area contributed by atoms with Gasteiger partial charge in [-0.25, -0.2) is 4.98 Å². The number of aromatic nitrogens is 3. The fraction of sp³-hybridized carbons (Fsp3) is 0.500. The number of nitrogens with zero attached hydrogens (tertiary/aromatic N) is 5. The Morgan fingerprint density at radius 2 is 1.83 bits per heavy atom. The fourth-order valence-electron chi connectivity index (χ4n) is 3.45. The molecular weight excluding hydrogens is 382 g/mol. The number of fused-ring (bicyclic) bond motifs is 1. The van der Waals surface area contributed by atoms with Gasteiger partial charge in [-0.2, -0.15) is 5.10 Å². The second kappa shape index (κ2) is 8.63. The van der Waals surface area contributed by atoms with Crippen LogP contribution in [-0.2, 0) is 0 Å². The van der Waals surface area contributed by atoms with Gasteiger partial charge in [-0.1, -0.05) is 23.5 Å². The summed E-state index contributed by atoms with van der Waals surface area (Å²) in [4.78, 5) is 22.3. The third-order valence-electron chi connectivity index (χ3n) is 5.02. The van der Waals surface area contributed by atoms with Crippen molar-refractivity contribution >= 4 is 32.6 Å². The molecule has 0 atom stereocenters. The summed E-state index contributed by atoms with van der Waals surface area (Å²) >= 11 is 1.59. The SMILES string of the molecule is Cc1ccc(C)c2sc(N(CCCN(C)C)C(=O)c3cc(C)n(C(C)C)n3)nc12. The highest BCUT2D eigenvalue weighted by Gasteiger charge is 2.25. The van der Waals surface area contributed by atoms with Crippen LogP contribution >= 0.6 is 11.3 Å². The topological polar surface area (TPSA) is 54.3 Å². The molecule has 3 aromatic rings. The van der Waals surface area contributed by atoms with E-state index < -0.39 is 0 Å². The minimum atomic E-state index is -0.0828. The number of hydrogen-bond acceptors (Lipinski definition) is 5. The molecule has 1 aromatic carbocycles. The van der Waals surface area contributed by atoms with Gasteiger partial charge in [0.15, 0.2) is 10.8 Å². The Hall–Kier alpha value is -2.25. The van der Waals surface area contributed by atoms with Gasteiger partial charge in [0, 0.05) is 18.3 Å². The van der Waals surface area contributed by atoms with E-state index in [9.17, 15) is 4.79 Å². The number of rotatable bonds is 7. The molecule has 156 valence electrons. The summed E-state index contributed by atoms with van der Waals surface area (Å²) in [6.45, 7) is 11.8. The Balaban J connectivity index is 2.00. The Morgan fingerprint density at radius 1 is 1.14 bits per heavy atom. The first-order valence-electron chi connectivity index (χ1n) is 10.1. The van der Waals surface area contributed by atoms with Crippen molar-refractivity contribution in [1.29, 1.82) is 0 Å². The van der Waals surface area contributed by atoms with Gasteiger partial charge in [0.25, 0.3) is 5.91 Å². The van der Waals surface area contributed by atoms with E-state index in [1.807, 2.05) is 31.8 Å². The first-order chi connectivity index (χ1) is 13.7. The summed E-state index contributed by atoms with van der Waals surface area (Å²) in [5, 5.41) is 5.33. The molecule has 2 heterocycles. The molecule has 0 fully saturated rings. The number of hydrogen-bond donors (Lipinski definition) is 0. The standard InChI is InChI=1S/C22H31N5OS/c1-14(2)27-17(5)13-18(24-27)21(28)26(12-8-11-25(6)7)22-23-19-15(3)9-10-16(4)20(19)29-22/h9-10,13-14H,8,11-12H2,1-7H3. The maximum atomic E-state index is 13.5. The van der Waals surface area contributed by atoms with Crippen LogP contribution in [0.1, 0.15) is 53.6 Å². The molecule has 29 heavy (non-hydrogen) atoms. The van der Waals surface area contributed by atoms with Gasteiger partial charge in [-0.3, -0.25) is 14.4 Å². The Morgan fingerprint density at radius 3 is 2.41 bits per heavy atom. The summed E-state index contributed by atoms with van der Waals surface area (Å²) in [5.41, 5.74) is 4.78. The predicted octanol–water partition coefficient (Wildman–Crippen LogP) is 4.60. The van der Waals surface area contributed by atoms with Gasteiger partial charge in [-0.15, -0.1) is 0 Å². The van der Waals surface area contributed by atoms with Crippen molar-refractivity contribution in [3.63, 3.8) is 0 Å². The van der Waals surface area contributed by atoms with Gasteiger partial charge >= 0.3 is 0 Å². The smallest absolute Gasteiger partial charge is 0.280 e. The van der Waals surface area contributed by atoms with Gasteiger partial charge in [0.1, 0.15) is 0 Å². The zero-order valence-corrected chi connectivity index (χ0v) is 19.3. The lowest BCUT2D eigenvalue weighted by molar-refractivity contribution is 0.0980. The second-order valence-corrected chi connectivity index (χ2v) is 9.17. The molecule has 6 nitrogen and oxygen atoms in total. The lowest BCUT2D eigenvalue weighted by atomic mass is 10.1. The number of carbonyl (C=O) groups excluding carboxylic acids is 1. The molecule has 0 saturated carbocycles. The van der Waals surface area contributed by atoms with Crippen molar-refractivity contribution in [2.45, 2.75) is 47.1 Å². The largest absolute Gasteiger partial charge is 0.309 e. The molecule has 0 radical (unpaired) electrons. The molecule has 3 rings (SSSR count). The molecule has 1 amide bonds. The minimum absolute atomic E-state index is 0.0828. The maximum absolute atomic E-state index is 13.5. The second-order valence-electron chi connectivity index (χ2n) is 8.20. The zero-order valence-electron chi connectivity index (χ0n) is 18.5. The molecule has 0 aliphatic heterocycles. The predicted molar refractivity (Wildman–Crippen MR) is 121 cm³/mol. The zero-order chi connectivity index (χ0) is 21.3. The van der Waals surface area contributed by atoms with E-state index in [-0.39, 0.29) is 11.9 Å². The number of thiazole rings is 1. The Kier molecular flexibility index (Phi) is 6.39. The molecule has 2 aromatic heterocycles. The van der Waals surface area contributed by atoms with Gasteiger partial charge in [0.2, 0.25) is 0 Å². The monoisotopic (exact) mass is 413 g/mol. The third-order valence-corrected chi connectivity index (χ3v) is 6.24. The van der Waals surface area contributed by atoms with Crippen LogP contribution in [0.5, 0.6) is 0 Å². The molecule has 0 bridgehead atoms. The van der Waals surface area contributed by atoms with Crippen LogP contribution in [0.2, 0.25) is 0 Å². The van der Waals surface area contributed by atoms with Crippen LogP contribution in [0.4, 0.5) is 5.13 Å². The summed E-state index contributed by atoms with van der Waals surface area (Å²) < 4.78 is 3.05. The van der Waals surface area contributed by atoms with Crippen molar-refractivity contribution in [3.05, 3.63) is 40.7 Å². The molecule has 0 aliphatic rings. The van der Waals surface area contributed by atoms with Gasteiger partial charge in [0.05, 0.1) is 10.2 Å². The highest BCUT2D eigenvalue weighted by molar-refractivity contribution is 7.22.